The highest BCUT2D eigenvalue weighted by Crippen LogP contribution is 2.37. The molecule has 2 amide bonds. The molecule has 0 fully saturated rings. The van der Waals surface area contributed by atoms with E-state index in [0.717, 1.165) is 11.0 Å². The van der Waals surface area contributed by atoms with Crippen LogP contribution in [0.15, 0.2) is 54.6 Å². The van der Waals surface area contributed by atoms with E-state index in [2.05, 4.69) is 0 Å². The van der Waals surface area contributed by atoms with Crippen LogP contribution in [0, 0.1) is 0 Å². The molecule has 30 heavy (non-hydrogen) atoms. The first kappa shape index (κ1) is 20.9. The minimum absolute atomic E-state index is 0.122. The van der Waals surface area contributed by atoms with E-state index in [1.165, 1.54) is 20.3 Å². The van der Waals surface area contributed by atoms with Gasteiger partial charge in [-0.05, 0) is 36.8 Å². The number of carbonyl (C=O) groups is 3. The molecule has 0 aliphatic carbocycles. The van der Waals surface area contributed by atoms with Crippen molar-refractivity contribution in [3.05, 3.63) is 65.7 Å². The molecule has 0 N–H and O–H groups in total. The predicted octanol–water partition coefficient (Wildman–Crippen LogP) is 3.24. The van der Waals surface area contributed by atoms with Gasteiger partial charge in [-0.1, -0.05) is 24.3 Å². The fourth-order valence-corrected chi connectivity index (χ4v) is 3.10. The van der Waals surface area contributed by atoms with Crippen LogP contribution in [0.3, 0.4) is 0 Å². The summed E-state index contributed by atoms with van der Waals surface area (Å²) in [6.45, 7) is 1.87. The molecular weight excluding hydrogens is 386 g/mol. The SMILES string of the molecule is CCOC(=O)/C=C1/C(=O)N(C(=O)C=Cc2ccc(OC)c(OC)c2)c2ccccc21. The number of amides is 2. The molecule has 1 aliphatic rings. The van der Waals surface area contributed by atoms with Crippen LogP contribution < -0.4 is 14.4 Å². The van der Waals surface area contributed by atoms with Crippen molar-refractivity contribution in [2.24, 2.45) is 0 Å². The quantitative estimate of drug-likeness (QED) is 0.540. The minimum atomic E-state index is -0.633. The number of anilines is 1. The van der Waals surface area contributed by atoms with E-state index >= 15 is 0 Å². The van der Waals surface area contributed by atoms with E-state index in [9.17, 15) is 14.4 Å². The van der Waals surface area contributed by atoms with Crippen molar-refractivity contribution < 1.29 is 28.6 Å². The summed E-state index contributed by atoms with van der Waals surface area (Å²) in [6.07, 6.45) is 3.99. The van der Waals surface area contributed by atoms with Crippen LogP contribution >= 0.6 is 0 Å². The molecule has 0 bridgehead atoms. The van der Waals surface area contributed by atoms with Gasteiger partial charge >= 0.3 is 5.97 Å². The molecule has 2 aromatic rings. The molecule has 3 rings (SSSR count). The maximum absolute atomic E-state index is 12.9. The van der Waals surface area contributed by atoms with Crippen LogP contribution in [-0.2, 0) is 19.1 Å². The highest BCUT2D eigenvalue weighted by Gasteiger charge is 2.36. The Labute approximate surface area is 174 Å². The van der Waals surface area contributed by atoms with Crippen LogP contribution in [0.4, 0.5) is 5.69 Å². The van der Waals surface area contributed by atoms with Crippen LogP contribution in [0.5, 0.6) is 11.5 Å². The third-order valence-corrected chi connectivity index (χ3v) is 4.46. The van der Waals surface area contributed by atoms with Gasteiger partial charge in [0.05, 0.1) is 32.1 Å². The van der Waals surface area contributed by atoms with Gasteiger partial charge in [-0.2, -0.15) is 0 Å². The lowest BCUT2D eigenvalue weighted by Crippen LogP contribution is -2.32. The van der Waals surface area contributed by atoms with Gasteiger partial charge in [-0.25, -0.2) is 9.69 Å². The summed E-state index contributed by atoms with van der Waals surface area (Å²) < 4.78 is 15.4. The maximum Gasteiger partial charge on any atom is 0.331 e. The number of carbonyl (C=O) groups excluding carboxylic acids is 3. The average Bonchev–Trinajstić information content (AvgIpc) is 3.03. The van der Waals surface area contributed by atoms with Gasteiger partial charge < -0.3 is 14.2 Å². The number of methoxy groups -OCH3 is 2. The second-order valence-corrected chi connectivity index (χ2v) is 6.25. The van der Waals surface area contributed by atoms with Crippen molar-refractivity contribution in [2.45, 2.75) is 6.92 Å². The lowest BCUT2D eigenvalue weighted by Gasteiger charge is -2.12. The number of fused-ring (bicyclic) bond motifs is 1. The molecule has 2 aromatic carbocycles. The van der Waals surface area contributed by atoms with Gasteiger partial charge in [0.2, 0.25) is 0 Å². The number of nitrogens with zero attached hydrogens (tertiary/aromatic N) is 1. The summed E-state index contributed by atoms with van der Waals surface area (Å²) >= 11 is 0. The topological polar surface area (TPSA) is 82.1 Å². The van der Waals surface area contributed by atoms with E-state index in [1.54, 1.807) is 55.5 Å². The standard InChI is InChI=1S/C23H21NO6/c1-4-30-22(26)14-17-16-7-5-6-8-18(16)24(23(17)27)21(25)12-10-15-9-11-19(28-2)20(13-15)29-3/h5-14H,4H2,1-3H3/b12-10?,17-14+. The summed E-state index contributed by atoms with van der Waals surface area (Å²) in [4.78, 5) is 38.6. The third-order valence-electron chi connectivity index (χ3n) is 4.46. The molecule has 0 spiro atoms. The number of esters is 1. The van der Waals surface area contributed by atoms with Crippen molar-refractivity contribution in [3.8, 4) is 11.5 Å². The first-order valence-electron chi connectivity index (χ1n) is 9.26. The second kappa shape index (κ2) is 9.09. The van der Waals surface area contributed by atoms with E-state index in [4.69, 9.17) is 14.2 Å². The highest BCUT2D eigenvalue weighted by atomic mass is 16.5. The summed E-state index contributed by atoms with van der Waals surface area (Å²) in [5.41, 5.74) is 1.74. The van der Waals surface area contributed by atoms with Gasteiger partial charge in [0, 0.05) is 17.7 Å². The zero-order valence-corrected chi connectivity index (χ0v) is 16.9. The molecule has 1 aliphatic heterocycles. The van der Waals surface area contributed by atoms with Crippen LogP contribution in [0.2, 0.25) is 0 Å². The molecule has 0 saturated carbocycles. The summed E-state index contributed by atoms with van der Waals surface area (Å²) in [5, 5.41) is 0. The fraction of sp³-hybridized carbons (Fsp3) is 0.174. The van der Waals surface area contributed by atoms with Crippen LogP contribution in [0.1, 0.15) is 18.1 Å². The Morgan fingerprint density at radius 1 is 1.03 bits per heavy atom. The first-order valence-corrected chi connectivity index (χ1v) is 9.26. The van der Waals surface area contributed by atoms with Gasteiger partial charge in [0.15, 0.2) is 11.5 Å². The van der Waals surface area contributed by atoms with Crippen molar-refractivity contribution in [1.82, 2.24) is 0 Å². The summed E-state index contributed by atoms with van der Waals surface area (Å²) in [6, 6.07) is 12.0. The fourth-order valence-electron chi connectivity index (χ4n) is 3.10. The molecule has 7 heteroatoms. The minimum Gasteiger partial charge on any atom is -0.493 e. The smallest absolute Gasteiger partial charge is 0.331 e. The molecule has 154 valence electrons. The third kappa shape index (κ3) is 4.10. The Bertz CT molecular complexity index is 1050. The van der Waals surface area contributed by atoms with E-state index in [0.29, 0.717) is 28.3 Å². The lowest BCUT2D eigenvalue weighted by atomic mass is 10.1. The van der Waals surface area contributed by atoms with E-state index < -0.39 is 17.8 Å². The van der Waals surface area contributed by atoms with Crippen LogP contribution in [0.25, 0.3) is 11.6 Å². The molecular formula is C23H21NO6. The first-order chi connectivity index (χ1) is 14.5. The number of hydrogen-bond acceptors (Lipinski definition) is 6. The molecule has 7 nitrogen and oxygen atoms in total. The van der Waals surface area contributed by atoms with Crippen molar-refractivity contribution in [3.63, 3.8) is 0 Å². The average molecular weight is 407 g/mol. The Kier molecular flexibility index (Phi) is 6.32. The Morgan fingerprint density at radius 2 is 1.77 bits per heavy atom. The molecule has 0 atom stereocenters. The van der Waals surface area contributed by atoms with Crippen molar-refractivity contribution in [2.75, 3.05) is 25.7 Å². The number of ether oxygens (including phenoxy) is 3. The zero-order valence-electron chi connectivity index (χ0n) is 16.9. The Balaban J connectivity index is 1.90. The predicted molar refractivity (Wildman–Crippen MR) is 112 cm³/mol. The van der Waals surface area contributed by atoms with Crippen LogP contribution in [-0.4, -0.2) is 38.6 Å². The highest BCUT2D eigenvalue weighted by molar-refractivity contribution is 6.42. The van der Waals surface area contributed by atoms with Crippen molar-refractivity contribution >= 4 is 35.1 Å². The number of hydrogen-bond donors (Lipinski definition) is 0. The zero-order chi connectivity index (χ0) is 21.7. The molecule has 0 saturated heterocycles. The summed E-state index contributed by atoms with van der Waals surface area (Å²) in [7, 11) is 3.06. The summed E-state index contributed by atoms with van der Waals surface area (Å²) in [5.74, 6) is -0.653. The van der Waals surface area contributed by atoms with E-state index in [1.807, 2.05) is 0 Å². The second-order valence-electron chi connectivity index (χ2n) is 6.25. The Morgan fingerprint density at radius 3 is 2.47 bits per heavy atom. The Hall–Kier alpha value is -3.87. The van der Waals surface area contributed by atoms with Gasteiger partial charge in [0.1, 0.15) is 0 Å². The number of benzene rings is 2. The lowest BCUT2D eigenvalue weighted by molar-refractivity contribution is -0.137. The number of imide groups is 1. The van der Waals surface area contributed by atoms with Gasteiger partial charge in [0.25, 0.3) is 11.8 Å². The van der Waals surface area contributed by atoms with Gasteiger partial charge in [-0.15, -0.1) is 0 Å². The molecule has 0 unspecified atom stereocenters. The van der Waals surface area contributed by atoms with E-state index in [-0.39, 0.29) is 12.2 Å². The molecule has 0 aromatic heterocycles. The number of para-hydroxylation sites is 1. The molecule has 0 radical (unpaired) electrons. The van der Waals surface area contributed by atoms with Gasteiger partial charge in [-0.3, -0.25) is 9.59 Å². The number of rotatable bonds is 6. The molecule has 1 heterocycles. The monoisotopic (exact) mass is 407 g/mol. The van der Waals surface area contributed by atoms with Crippen molar-refractivity contribution in [1.29, 1.82) is 0 Å². The normalized spacial score (nSPS) is 14.2. The maximum atomic E-state index is 12.9. The largest absolute Gasteiger partial charge is 0.493 e.